The van der Waals surface area contributed by atoms with E-state index in [1.165, 1.54) is 0 Å². The fraction of sp³-hybridized carbons (Fsp3) is 0.240. The summed E-state index contributed by atoms with van der Waals surface area (Å²) in [7, 11) is 0. The van der Waals surface area contributed by atoms with Crippen LogP contribution >= 0.6 is 15.9 Å². The lowest BCUT2D eigenvalue weighted by atomic mass is 9.95. The Hall–Kier alpha value is -3.19. The fourth-order valence-corrected chi connectivity index (χ4v) is 4.46. The molecule has 32 heavy (non-hydrogen) atoms. The minimum Gasteiger partial charge on any atom is -0.355 e. The van der Waals surface area contributed by atoms with E-state index in [2.05, 4.69) is 49.3 Å². The van der Waals surface area contributed by atoms with Crippen molar-refractivity contribution in [2.75, 3.05) is 18.0 Å². The van der Waals surface area contributed by atoms with Gasteiger partial charge in [-0.15, -0.1) is 0 Å². The predicted molar refractivity (Wildman–Crippen MR) is 129 cm³/mol. The molecular formula is C25H24BrN5O. The SMILES string of the molecule is O=C(NCc1ccc(Br)cc1)C1CCN(c2nccn3nc(-c4ccccc4)cc23)CC1. The van der Waals surface area contributed by atoms with Crippen LogP contribution in [0, 0.1) is 5.92 Å². The van der Waals surface area contributed by atoms with Gasteiger partial charge in [0.1, 0.15) is 5.52 Å². The van der Waals surface area contributed by atoms with Gasteiger partial charge in [-0.25, -0.2) is 9.50 Å². The van der Waals surface area contributed by atoms with Gasteiger partial charge in [-0.2, -0.15) is 5.10 Å². The Morgan fingerprint density at radius 1 is 1.06 bits per heavy atom. The second-order valence-electron chi connectivity index (χ2n) is 8.08. The average Bonchev–Trinajstić information content (AvgIpc) is 3.29. The third-order valence-corrected chi connectivity index (χ3v) is 6.51. The smallest absolute Gasteiger partial charge is 0.223 e. The number of piperidine rings is 1. The molecule has 0 unspecified atom stereocenters. The van der Waals surface area contributed by atoms with Crippen molar-refractivity contribution in [2.45, 2.75) is 19.4 Å². The maximum atomic E-state index is 12.7. The van der Waals surface area contributed by atoms with Crippen LogP contribution in [-0.2, 0) is 11.3 Å². The second-order valence-corrected chi connectivity index (χ2v) is 9.00. The fourth-order valence-electron chi connectivity index (χ4n) is 4.19. The van der Waals surface area contributed by atoms with Crippen molar-refractivity contribution in [1.82, 2.24) is 19.9 Å². The summed E-state index contributed by atoms with van der Waals surface area (Å²) in [5.74, 6) is 1.09. The van der Waals surface area contributed by atoms with Crippen LogP contribution in [0.4, 0.5) is 5.82 Å². The van der Waals surface area contributed by atoms with Gasteiger partial charge in [-0.1, -0.05) is 58.4 Å². The first kappa shape index (κ1) is 20.7. The summed E-state index contributed by atoms with van der Waals surface area (Å²) in [6.45, 7) is 2.16. The third kappa shape index (κ3) is 4.39. The first-order valence-electron chi connectivity index (χ1n) is 10.8. The molecule has 1 saturated heterocycles. The topological polar surface area (TPSA) is 62.5 Å². The Bertz CT molecular complexity index is 1210. The van der Waals surface area contributed by atoms with Crippen LogP contribution in [0.25, 0.3) is 16.8 Å². The number of carbonyl (C=O) groups excluding carboxylic acids is 1. The summed E-state index contributed by atoms with van der Waals surface area (Å²) in [5.41, 5.74) is 4.11. The van der Waals surface area contributed by atoms with E-state index in [1.54, 1.807) is 6.20 Å². The lowest BCUT2D eigenvalue weighted by molar-refractivity contribution is -0.125. The van der Waals surface area contributed by atoms with Crippen LogP contribution in [-0.4, -0.2) is 33.6 Å². The molecule has 0 saturated carbocycles. The Morgan fingerprint density at radius 3 is 2.56 bits per heavy atom. The first-order valence-corrected chi connectivity index (χ1v) is 11.6. The van der Waals surface area contributed by atoms with Crippen molar-refractivity contribution in [2.24, 2.45) is 5.92 Å². The first-order chi connectivity index (χ1) is 15.7. The van der Waals surface area contributed by atoms with Gasteiger partial charge < -0.3 is 10.2 Å². The molecule has 0 spiro atoms. The minimum absolute atomic E-state index is 0.0335. The van der Waals surface area contributed by atoms with E-state index in [1.807, 2.05) is 53.2 Å². The molecule has 2 aromatic heterocycles. The molecule has 7 heteroatoms. The number of nitrogens with one attached hydrogen (secondary N) is 1. The minimum atomic E-state index is 0.0335. The molecule has 0 atom stereocenters. The van der Waals surface area contributed by atoms with Crippen molar-refractivity contribution in [3.8, 4) is 11.3 Å². The van der Waals surface area contributed by atoms with Gasteiger partial charge in [-0.3, -0.25) is 4.79 Å². The highest BCUT2D eigenvalue weighted by atomic mass is 79.9. The summed E-state index contributed by atoms with van der Waals surface area (Å²) in [5, 5.41) is 7.81. The lowest BCUT2D eigenvalue weighted by Gasteiger charge is -2.32. The summed E-state index contributed by atoms with van der Waals surface area (Å²) in [6.07, 6.45) is 5.30. The molecule has 1 aliphatic heterocycles. The van der Waals surface area contributed by atoms with E-state index in [4.69, 9.17) is 5.10 Å². The molecule has 3 heterocycles. The molecule has 5 rings (SSSR count). The van der Waals surface area contributed by atoms with Crippen molar-refractivity contribution in [3.05, 3.63) is 83.1 Å². The van der Waals surface area contributed by atoms with Gasteiger partial charge in [0.15, 0.2) is 5.82 Å². The normalized spacial score (nSPS) is 14.6. The molecule has 1 N–H and O–H groups in total. The maximum absolute atomic E-state index is 12.7. The number of nitrogens with zero attached hydrogens (tertiary/aromatic N) is 4. The Labute approximate surface area is 195 Å². The third-order valence-electron chi connectivity index (χ3n) is 5.98. The van der Waals surface area contributed by atoms with E-state index in [0.717, 1.165) is 58.6 Å². The van der Waals surface area contributed by atoms with Gasteiger partial charge in [0.25, 0.3) is 0 Å². The monoisotopic (exact) mass is 489 g/mol. The number of rotatable bonds is 5. The molecule has 1 fully saturated rings. The number of aromatic nitrogens is 3. The molecule has 4 aromatic rings. The number of halogens is 1. The van der Waals surface area contributed by atoms with Crippen LogP contribution in [0.15, 0.2) is 77.5 Å². The number of hydrogen-bond donors (Lipinski definition) is 1. The average molecular weight is 490 g/mol. The zero-order valence-electron chi connectivity index (χ0n) is 17.6. The van der Waals surface area contributed by atoms with Gasteiger partial charge in [0.2, 0.25) is 5.91 Å². The van der Waals surface area contributed by atoms with Crippen molar-refractivity contribution in [3.63, 3.8) is 0 Å². The Kier molecular flexibility index (Phi) is 5.90. The highest BCUT2D eigenvalue weighted by Gasteiger charge is 2.26. The van der Waals surface area contributed by atoms with Gasteiger partial charge in [0, 0.05) is 48.0 Å². The quantitative estimate of drug-likeness (QED) is 0.441. The molecule has 0 aliphatic carbocycles. The summed E-state index contributed by atoms with van der Waals surface area (Å²) >= 11 is 3.44. The van der Waals surface area contributed by atoms with E-state index in [0.29, 0.717) is 6.54 Å². The highest BCUT2D eigenvalue weighted by Crippen LogP contribution is 2.28. The molecule has 0 radical (unpaired) electrons. The molecule has 2 aromatic carbocycles. The van der Waals surface area contributed by atoms with Crippen molar-refractivity contribution < 1.29 is 4.79 Å². The van der Waals surface area contributed by atoms with Crippen molar-refractivity contribution in [1.29, 1.82) is 0 Å². The van der Waals surface area contributed by atoms with Crippen LogP contribution in [0.5, 0.6) is 0 Å². The van der Waals surface area contributed by atoms with Gasteiger partial charge in [0.05, 0.1) is 5.69 Å². The maximum Gasteiger partial charge on any atom is 0.223 e. The molecule has 1 aliphatic rings. The van der Waals surface area contributed by atoms with E-state index < -0.39 is 0 Å². The lowest BCUT2D eigenvalue weighted by Crippen LogP contribution is -2.40. The number of hydrogen-bond acceptors (Lipinski definition) is 4. The van der Waals surface area contributed by atoms with E-state index in [9.17, 15) is 4.79 Å². The van der Waals surface area contributed by atoms with Crippen LogP contribution in [0.2, 0.25) is 0 Å². The number of amides is 1. The van der Waals surface area contributed by atoms with Crippen LogP contribution < -0.4 is 10.2 Å². The number of fused-ring (bicyclic) bond motifs is 1. The molecule has 162 valence electrons. The Balaban J connectivity index is 1.24. The number of carbonyl (C=O) groups is 1. The van der Waals surface area contributed by atoms with Gasteiger partial charge >= 0.3 is 0 Å². The predicted octanol–water partition coefficient (Wildman–Crippen LogP) is 4.69. The summed E-state index contributed by atoms with van der Waals surface area (Å²) < 4.78 is 2.93. The van der Waals surface area contributed by atoms with E-state index >= 15 is 0 Å². The number of benzene rings is 2. The number of anilines is 1. The summed E-state index contributed by atoms with van der Waals surface area (Å²) in [4.78, 5) is 19.6. The molecule has 1 amide bonds. The van der Waals surface area contributed by atoms with Crippen LogP contribution in [0.3, 0.4) is 0 Å². The van der Waals surface area contributed by atoms with Gasteiger partial charge in [-0.05, 0) is 36.6 Å². The van der Waals surface area contributed by atoms with Crippen molar-refractivity contribution >= 4 is 33.2 Å². The molecular weight excluding hydrogens is 466 g/mol. The standard InChI is InChI=1S/C25H24BrN5O/c26-21-8-6-18(7-9-21)17-28-25(32)20-10-13-30(14-11-20)24-23-16-22(19-4-2-1-3-5-19)29-31(23)15-12-27-24/h1-9,12,15-16,20H,10-11,13-14,17H2,(H,28,32). The summed E-state index contributed by atoms with van der Waals surface area (Å²) in [6, 6.07) is 20.3. The highest BCUT2D eigenvalue weighted by molar-refractivity contribution is 9.10. The van der Waals surface area contributed by atoms with Crippen LogP contribution in [0.1, 0.15) is 18.4 Å². The Morgan fingerprint density at radius 2 is 1.81 bits per heavy atom. The largest absolute Gasteiger partial charge is 0.355 e. The zero-order chi connectivity index (χ0) is 21.9. The second kappa shape index (κ2) is 9.12. The zero-order valence-corrected chi connectivity index (χ0v) is 19.2. The molecule has 0 bridgehead atoms. The molecule has 6 nitrogen and oxygen atoms in total. The van der Waals surface area contributed by atoms with E-state index in [-0.39, 0.29) is 11.8 Å².